The first kappa shape index (κ1) is 26.1. The Bertz CT molecular complexity index is 966. The van der Waals surface area contributed by atoms with Crippen LogP contribution in [0.5, 0.6) is 5.75 Å². The molecule has 1 aliphatic heterocycles. The van der Waals surface area contributed by atoms with Gasteiger partial charge in [-0.3, -0.25) is 9.59 Å². The Morgan fingerprint density at radius 2 is 2.06 bits per heavy atom. The van der Waals surface area contributed by atoms with Crippen LogP contribution in [0.3, 0.4) is 0 Å². The molecule has 3 rings (SSSR count). The minimum Gasteiger partial charge on any atom is -0.496 e. The molecule has 2 heterocycles. The molecule has 34 heavy (non-hydrogen) atoms. The summed E-state index contributed by atoms with van der Waals surface area (Å²) in [6, 6.07) is 7.70. The number of thiazole rings is 1. The molecule has 0 saturated carbocycles. The molecule has 2 unspecified atom stereocenters. The SMILES string of the molecule is CCCCC1CCN(C(=O)[C@H](O)[C@@H](O)C(=O)NCc2nc(Cc3ccccc3OC)cs2)C1C. The van der Waals surface area contributed by atoms with E-state index in [0.717, 1.165) is 42.7 Å². The number of methoxy groups -OCH3 is 1. The third kappa shape index (κ3) is 6.34. The molecule has 0 aliphatic carbocycles. The lowest BCUT2D eigenvalue weighted by Crippen LogP contribution is -2.51. The number of nitrogens with zero attached hydrogens (tertiary/aromatic N) is 2. The number of rotatable bonds is 11. The molecule has 4 atom stereocenters. The summed E-state index contributed by atoms with van der Waals surface area (Å²) < 4.78 is 5.37. The van der Waals surface area contributed by atoms with Crippen LogP contribution in [-0.2, 0) is 22.6 Å². The fraction of sp³-hybridized carbons (Fsp3) is 0.560. The number of unbranched alkanes of at least 4 members (excludes halogenated alkanes) is 1. The van der Waals surface area contributed by atoms with Crippen molar-refractivity contribution in [3.05, 3.63) is 45.9 Å². The molecule has 1 aromatic carbocycles. The van der Waals surface area contributed by atoms with Crippen molar-refractivity contribution in [3.8, 4) is 5.75 Å². The van der Waals surface area contributed by atoms with Gasteiger partial charge in [0.15, 0.2) is 12.2 Å². The van der Waals surface area contributed by atoms with Crippen LogP contribution in [0.25, 0.3) is 0 Å². The number of carbonyl (C=O) groups excluding carboxylic acids is 2. The summed E-state index contributed by atoms with van der Waals surface area (Å²) in [6.07, 6.45) is 1.09. The number of hydrogen-bond donors (Lipinski definition) is 3. The molecular formula is C25H35N3O5S. The number of carbonyl (C=O) groups is 2. The highest BCUT2D eigenvalue weighted by atomic mass is 32.1. The van der Waals surface area contributed by atoms with Gasteiger partial charge in [-0.1, -0.05) is 38.0 Å². The highest BCUT2D eigenvalue weighted by Crippen LogP contribution is 2.29. The van der Waals surface area contributed by atoms with Gasteiger partial charge in [-0.2, -0.15) is 0 Å². The van der Waals surface area contributed by atoms with E-state index in [1.54, 1.807) is 12.0 Å². The molecule has 1 saturated heterocycles. The average Bonchev–Trinajstić information content (AvgIpc) is 3.46. The van der Waals surface area contributed by atoms with Gasteiger partial charge in [-0.05, 0) is 31.7 Å². The number of ether oxygens (including phenoxy) is 1. The minimum atomic E-state index is -1.83. The van der Waals surface area contributed by atoms with Gasteiger partial charge in [-0.25, -0.2) is 4.98 Å². The quantitative estimate of drug-likeness (QED) is 0.447. The van der Waals surface area contributed by atoms with Gasteiger partial charge in [0.2, 0.25) is 0 Å². The van der Waals surface area contributed by atoms with Gasteiger partial charge < -0.3 is 25.2 Å². The molecule has 1 aliphatic rings. The standard InChI is InChI=1S/C25H35N3O5S/c1-4-5-8-17-11-12-28(16(17)2)25(32)23(30)22(29)24(31)26-14-21-27-19(15-34-21)13-18-9-6-7-10-20(18)33-3/h6-7,9-10,15-17,22-23,29-30H,4-5,8,11-14H2,1-3H3,(H,26,31)/t16?,17?,22-,23-/m1/s1. The van der Waals surface area contributed by atoms with E-state index in [1.165, 1.54) is 11.3 Å². The summed E-state index contributed by atoms with van der Waals surface area (Å²) in [5.41, 5.74) is 1.85. The Morgan fingerprint density at radius 1 is 1.29 bits per heavy atom. The molecule has 1 aromatic heterocycles. The van der Waals surface area contributed by atoms with Crippen molar-refractivity contribution in [2.45, 2.75) is 70.7 Å². The number of para-hydroxylation sites is 1. The van der Waals surface area contributed by atoms with Crippen LogP contribution in [0.1, 0.15) is 55.8 Å². The zero-order valence-electron chi connectivity index (χ0n) is 20.1. The molecule has 0 spiro atoms. The van der Waals surface area contributed by atoms with Crippen molar-refractivity contribution < 1.29 is 24.5 Å². The summed E-state index contributed by atoms with van der Waals surface area (Å²) in [5, 5.41) is 25.8. The van der Waals surface area contributed by atoms with Crippen molar-refractivity contribution in [1.82, 2.24) is 15.2 Å². The smallest absolute Gasteiger partial charge is 0.254 e. The van der Waals surface area contributed by atoms with Crippen LogP contribution < -0.4 is 10.1 Å². The normalized spacial score (nSPS) is 19.6. The summed E-state index contributed by atoms with van der Waals surface area (Å²) in [5.74, 6) is -0.215. The highest BCUT2D eigenvalue weighted by Gasteiger charge is 2.39. The van der Waals surface area contributed by atoms with Crippen LogP contribution >= 0.6 is 11.3 Å². The van der Waals surface area contributed by atoms with Crippen molar-refractivity contribution in [3.63, 3.8) is 0 Å². The second-order valence-electron chi connectivity index (χ2n) is 8.79. The monoisotopic (exact) mass is 489 g/mol. The molecule has 1 fully saturated rings. The molecule has 2 amide bonds. The third-order valence-corrected chi connectivity index (χ3v) is 7.42. The predicted octanol–water partition coefficient (Wildman–Crippen LogP) is 2.51. The van der Waals surface area contributed by atoms with Gasteiger partial charge in [0.05, 0.1) is 19.3 Å². The first-order chi connectivity index (χ1) is 16.3. The first-order valence-electron chi connectivity index (χ1n) is 11.8. The number of nitrogens with one attached hydrogen (secondary N) is 1. The van der Waals surface area contributed by atoms with Gasteiger partial charge in [-0.15, -0.1) is 11.3 Å². The molecule has 0 bridgehead atoms. The lowest BCUT2D eigenvalue weighted by atomic mass is 9.95. The van der Waals surface area contributed by atoms with E-state index in [4.69, 9.17) is 4.74 Å². The zero-order valence-corrected chi connectivity index (χ0v) is 20.9. The number of benzene rings is 1. The van der Waals surface area contributed by atoms with Crippen LogP contribution in [0, 0.1) is 5.92 Å². The number of aliphatic hydroxyl groups is 2. The Morgan fingerprint density at radius 3 is 2.79 bits per heavy atom. The molecule has 3 N–H and O–H groups in total. The van der Waals surface area contributed by atoms with E-state index in [9.17, 15) is 19.8 Å². The first-order valence-corrected chi connectivity index (χ1v) is 12.7. The van der Waals surface area contributed by atoms with E-state index in [-0.39, 0.29) is 12.6 Å². The van der Waals surface area contributed by atoms with E-state index < -0.39 is 24.0 Å². The van der Waals surface area contributed by atoms with Crippen molar-refractivity contribution in [1.29, 1.82) is 0 Å². The van der Waals surface area contributed by atoms with Crippen molar-refractivity contribution in [2.24, 2.45) is 5.92 Å². The lowest BCUT2D eigenvalue weighted by molar-refractivity contribution is -0.153. The molecule has 186 valence electrons. The van der Waals surface area contributed by atoms with E-state index >= 15 is 0 Å². The second kappa shape index (κ2) is 12.3. The molecular weight excluding hydrogens is 454 g/mol. The summed E-state index contributed by atoms with van der Waals surface area (Å²) in [7, 11) is 1.63. The van der Waals surface area contributed by atoms with Crippen LogP contribution in [0.2, 0.25) is 0 Å². The Hall–Kier alpha value is -2.49. The molecule has 0 radical (unpaired) electrons. The average molecular weight is 490 g/mol. The van der Waals surface area contributed by atoms with Crippen LogP contribution in [0.15, 0.2) is 29.6 Å². The van der Waals surface area contributed by atoms with Crippen molar-refractivity contribution >= 4 is 23.2 Å². The van der Waals surface area contributed by atoms with E-state index in [2.05, 4.69) is 17.2 Å². The zero-order chi connectivity index (χ0) is 24.7. The Labute approximate surface area is 205 Å². The van der Waals surface area contributed by atoms with Crippen molar-refractivity contribution in [2.75, 3.05) is 13.7 Å². The molecule has 9 heteroatoms. The number of aromatic nitrogens is 1. The fourth-order valence-electron chi connectivity index (χ4n) is 4.44. The van der Waals surface area contributed by atoms with E-state index in [1.807, 2.05) is 36.6 Å². The molecule has 2 aromatic rings. The minimum absolute atomic E-state index is 0.0130. The largest absolute Gasteiger partial charge is 0.496 e. The van der Waals surface area contributed by atoms with Gasteiger partial charge in [0.1, 0.15) is 10.8 Å². The van der Waals surface area contributed by atoms with Crippen LogP contribution in [-0.4, -0.2) is 63.8 Å². The number of amides is 2. The Balaban J connectivity index is 1.50. The highest BCUT2D eigenvalue weighted by molar-refractivity contribution is 7.09. The maximum absolute atomic E-state index is 12.7. The predicted molar refractivity (Wildman–Crippen MR) is 131 cm³/mol. The number of hydrogen-bond acceptors (Lipinski definition) is 7. The van der Waals surface area contributed by atoms with Gasteiger partial charge in [0.25, 0.3) is 11.8 Å². The maximum Gasteiger partial charge on any atom is 0.254 e. The summed E-state index contributed by atoms with van der Waals surface area (Å²) in [4.78, 5) is 31.3. The summed E-state index contributed by atoms with van der Waals surface area (Å²) in [6.45, 7) is 4.74. The summed E-state index contributed by atoms with van der Waals surface area (Å²) >= 11 is 1.39. The van der Waals surface area contributed by atoms with Crippen LogP contribution in [0.4, 0.5) is 0 Å². The molecule has 8 nitrogen and oxygen atoms in total. The fourth-order valence-corrected chi connectivity index (χ4v) is 5.17. The second-order valence-corrected chi connectivity index (χ2v) is 9.73. The number of aliphatic hydroxyl groups excluding tert-OH is 2. The third-order valence-electron chi connectivity index (χ3n) is 6.52. The maximum atomic E-state index is 12.7. The number of likely N-dealkylation sites (tertiary alicyclic amines) is 1. The topological polar surface area (TPSA) is 112 Å². The van der Waals surface area contributed by atoms with Gasteiger partial charge in [0, 0.05) is 30.0 Å². The van der Waals surface area contributed by atoms with E-state index in [0.29, 0.717) is 23.9 Å². The lowest BCUT2D eigenvalue weighted by Gasteiger charge is -2.28. The Kier molecular flexibility index (Phi) is 9.44. The van der Waals surface area contributed by atoms with Gasteiger partial charge >= 0.3 is 0 Å².